The van der Waals surface area contributed by atoms with Crippen LogP contribution in [-0.4, -0.2) is 36.7 Å². The SMILES string of the molecule is CCC1CNCCN1C(=O)OCc1c(F)ccc(OCc2ccccc2C)c1F. The zero-order valence-corrected chi connectivity index (χ0v) is 16.7. The molecule has 0 saturated carbocycles. The first-order chi connectivity index (χ1) is 14.0. The van der Waals surface area contributed by atoms with Crippen molar-refractivity contribution in [1.29, 1.82) is 0 Å². The number of carbonyl (C=O) groups is 1. The van der Waals surface area contributed by atoms with Crippen LogP contribution < -0.4 is 10.1 Å². The molecule has 2 aromatic carbocycles. The van der Waals surface area contributed by atoms with Gasteiger partial charge in [-0.1, -0.05) is 31.2 Å². The van der Waals surface area contributed by atoms with E-state index < -0.39 is 24.3 Å². The average molecular weight is 404 g/mol. The average Bonchev–Trinajstić information content (AvgIpc) is 2.74. The topological polar surface area (TPSA) is 50.8 Å². The van der Waals surface area contributed by atoms with Crippen molar-refractivity contribution < 1.29 is 23.0 Å². The smallest absolute Gasteiger partial charge is 0.410 e. The molecule has 29 heavy (non-hydrogen) atoms. The van der Waals surface area contributed by atoms with E-state index in [2.05, 4.69) is 5.32 Å². The Bertz CT molecular complexity index is 860. The van der Waals surface area contributed by atoms with Crippen LogP contribution in [0.25, 0.3) is 0 Å². The number of carbonyl (C=O) groups excluding carboxylic acids is 1. The maximum atomic E-state index is 14.8. The van der Waals surface area contributed by atoms with Gasteiger partial charge in [-0.05, 0) is 36.6 Å². The third kappa shape index (κ3) is 5.03. The van der Waals surface area contributed by atoms with Gasteiger partial charge in [0.25, 0.3) is 0 Å². The number of nitrogens with one attached hydrogen (secondary N) is 1. The Labute approximate surface area is 169 Å². The molecule has 0 radical (unpaired) electrons. The number of hydrogen-bond acceptors (Lipinski definition) is 4. The molecular formula is C22H26F2N2O3. The number of hydrogen-bond donors (Lipinski definition) is 1. The van der Waals surface area contributed by atoms with Crippen LogP contribution in [0.4, 0.5) is 13.6 Å². The van der Waals surface area contributed by atoms with Crippen LogP contribution in [0.1, 0.15) is 30.0 Å². The Morgan fingerprint density at radius 2 is 2.00 bits per heavy atom. The van der Waals surface area contributed by atoms with E-state index in [-0.39, 0.29) is 24.0 Å². The number of benzene rings is 2. The molecule has 5 nitrogen and oxygen atoms in total. The maximum absolute atomic E-state index is 14.8. The molecule has 1 fully saturated rings. The molecule has 2 aromatic rings. The van der Waals surface area contributed by atoms with Gasteiger partial charge in [-0.3, -0.25) is 0 Å². The normalized spacial score (nSPS) is 16.6. The van der Waals surface area contributed by atoms with Crippen LogP contribution in [0.15, 0.2) is 36.4 Å². The van der Waals surface area contributed by atoms with Crippen LogP contribution in [0.5, 0.6) is 5.75 Å². The fourth-order valence-electron chi connectivity index (χ4n) is 3.33. The second kappa shape index (κ2) is 9.69. The molecule has 1 amide bonds. The van der Waals surface area contributed by atoms with E-state index in [0.29, 0.717) is 19.6 Å². The van der Waals surface area contributed by atoms with E-state index in [1.165, 1.54) is 6.07 Å². The summed E-state index contributed by atoms with van der Waals surface area (Å²) >= 11 is 0. The van der Waals surface area contributed by atoms with Crippen LogP contribution >= 0.6 is 0 Å². The van der Waals surface area contributed by atoms with Crippen LogP contribution in [0.2, 0.25) is 0 Å². The van der Waals surface area contributed by atoms with E-state index in [1.54, 1.807) is 4.90 Å². The number of rotatable bonds is 6. The van der Waals surface area contributed by atoms with Crippen molar-refractivity contribution in [2.24, 2.45) is 0 Å². The summed E-state index contributed by atoms with van der Waals surface area (Å²) in [4.78, 5) is 14.0. The fraction of sp³-hybridized carbons (Fsp3) is 0.409. The molecule has 7 heteroatoms. The molecule has 0 bridgehead atoms. The third-order valence-corrected chi connectivity index (χ3v) is 5.19. The predicted octanol–water partition coefficient (Wildman–Crippen LogP) is 4.17. The van der Waals surface area contributed by atoms with Gasteiger partial charge in [-0.2, -0.15) is 0 Å². The standard InChI is InChI=1S/C22H26F2N2O3/c1-3-17-12-25-10-11-26(17)22(27)29-14-18-19(23)8-9-20(21(18)24)28-13-16-7-5-4-6-15(16)2/h4-9,17,25H,3,10-14H2,1-2H3. The first-order valence-corrected chi connectivity index (χ1v) is 9.79. The number of halogens is 2. The number of nitrogens with zero attached hydrogens (tertiary/aromatic N) is 1. The minimum atomic E-state index is -0.848. The fourth-order valence-corrected chi connectivity index (χ4v) is 3.33. The van der Waals surface area contributed by atoms with Gasteiger partial charge < -0.3 is 19.7 Å². The van der Waals surface area contributed by atoms with Gasteiger partial charge in [0.15, 0.2) is 11.6 Å². The van der Waals surface area contributed by atoms with E-state index in [0.717, 1.165) is 23.6 Å². The molecule has 1 heterocycles. The molecular weight excluding hydrogens is 378 g/mol. The Morgan fingerprint density at radius 1 is 1.21 bits per heavy atom. The quantitative estimate of drug-likeness (QED) is 0.785. The van der Waals surface area contributed by atoms with Crippen molar-refractivity contribution >= 4 is 6.09 Å². The summed E-state index contributed by atoms with van der Waals surface area (Å²) in [5.74, 6) is -1.70. The van der Waals surface area contributed by atoms with Crippen molar-refractivity contribution in [1.82, 2.24) is 10.2 Å². The number of aryl methyl sites for hydroxylation is 1. The Morgan fingerprint density at radius 3 is 2.76 bits per heavy atom. The van der Waals surface area contributed by atoms with Gasteiger partial charge in [-0.25, -0.2) is 13.6 Å². The maximum Gasteiger partial charge on any atom is 0.410 e. The van der Waals surface area contributed by atoms with Crippen LogP contribution in [0, 0.1) is 18.6 Å². The van der Waals surface area contributed by atoms with E-state index in [9.17, 15) is 13.6 Å². The largest absolute Gasteiger partial charge is 0.486 e. The highest BCUT2D eigenvalue weighted by Crippen LogP contribution is 2.25. The Hall–Kier alpha value is -2.67. The van der Waals surface area contributed by atoms with Gasteiger partial charge in [0.1, 0.15) is 19.0 Å². The lowest BCUT2D eigenvalue weighted by Gasteiger charge is -2.34. The number of piperazine rings is 1. The highest BCUT2D eigenvalue weighted by Gasteiger charge is 2.27. The first-order valence-electron chi connectivity index (χ1n) is 9.79. The summed E-state index contributed by atoms with van der Waals surface area (Å²) in [7, 11) is 0. The van der Waals surface area contributed by atoms with Crippen molar-refractivity contribution in [2.75, 3.05) is 19.6 Å². The summed E-state index contributed by atoms with van der Waals surface area (Å²) < 4.78 is 39.8. The first kappa shape index (κ1) is 21.0. The Balaban J connectivity index is 1.67. The number of ether oxygens (including phenoxy) is 2. The van der Waals surface area contributed by atoms with E-state index in [1.807, 2.05) is 38.1 Å². The molecule has 0 spiro atoms. The molecule has 1 saturated heterocycles. The minimum absolute atomic E-state index is 0.00900. The highest BCUT2D eigenvalue weighted by molar-refractivity contribution is 5.68. The highest BCUT2D eigenvalue weighted by atomic mass is 19.1. The summed E-state index contributed by atoms with van der Waals surface area (Å²) in [6.45, 7) is 5.43. The molecule has 0 aromatic heterocycles. The van der Waals surface area contributed by atoms with Crippen molar-refractivity contribution in [3.05, 3.63) is 64.7 Å². The second-order valence-corrected chi connectivity index (χ2v) is 7.07. The molecule has 1 aliphatic rings. The lowest BCUT2D eigenvalue weighted by molar-refractivity contribution is 0.0697. The molecule has 3 rings (SSSR count). The zero-order chi connectivity index (χ0) is 20.8. The zero-order valence-electron chi connectivity index (χ0n) is 16.7. The molecule has 1 atom stereocenters. The summed E-state index contributed by atoms with van der Waals surface area (Å²) in [5, 5.41) is 3.22. The number of amides is 1. The molecule has 1 N–H and O–H groups in total. The molecule has 1 aliphatic heterocycles. The van der Waals surface area contributed by atoms with Crippen LogP contribution in [0.3, 0.4) is 0 Å². The minimum Gasteiger partial charge on any atom is -0.486 e. The van der Waals surface area contributed by atoms with Gasteiger partial charge in [0, 0.05) is 25.7 Å². The Kier molecular flexibility index (Phi) is 7.04. The summed E-state index contributed by atoms with van der Waals surface area (Å²) in [6, 6.07) is 9.98. The van der Waals surface area contributed by atoms with E-state index >= 15 is 0 Å². The second-order valence-electron chi connectivity index (χ2n) is 7.07. The van der Waals surface area contributed by atoms with Crippen molar-refractivity contribution in [3.63, 3.8) is 0 Å². The van der Waals surface area contributed by atoms with Gasteiger partial charge in [-0.15, -0.1) is 0 Å². The summed E-state index contributed by atoms with van der Waals surface area (Å²) in [6.07, 6.45) is 0.205. The van der Waals surface area contributed by atoms with Gasteiger partial charge >= 0.3 is 6.09 Å². The van der Waals surface area contributed by atoms with E-state index in [4.69, 9.17) is 9.47 Å². The van der Waals surface area contributed by atoms with Crippen molar-refractivity contribution in [3.8, 4) is 5.75 Å². The van der Waals surface area contributed by atoms with Crippen LogP contribution in [-0.2, 0) is 18.0 Å². The summed E-state index contributed by atoms with van der Waals surface area (Å²) in [5.41, 5.74) is 1.61. The lowest BCUT2D eigenvalue weighted by atomic mass is 10.1. The molecule has 156 valence electrons. The van der Waals surface area contributed by atoms with Gasteiger partial charge in [0.05, 0.1) is 5.56 Å². The molecule has 1 unspecified atom stereocenters. The van der Waals surface area contributed by atoms with Gasteiger partial charge in [0.2, 0.25) is 0 Å². The predicted molar refractivity (Wildman–Crippen MR) is 106 cm³/mol. The third-order valence-electron chi connectivity index (χ3n) is 5.19. The lowest BCUT2D eigenvalue weighted by Crippen LogP contribution is -2.53. The monoisotopic (exact) mass is 404 g/mol. The van der Waals surface area contributed by atoms with Crippen molar-refractivity contribution in [2.45, 2.75) is 39.5 Å². The molecule has 0 aliphatic carbocycles.